The maximum Gasteiger partial charge on any atom is 0.316 e. The van der Waals surface area contributed by atoms with Crippen LogP contribution in [0.2, 0.25) is 0 Å². The number of carbonyl (C=O) groups is 3. The number of hydrogen-bond donors (Lipinski definition) is 1. The van der Waals surface area contributed by atoms with Gasteiger partial charge in [0, 0.05) is 24.6 Å². The summed E-state index contributed by atoms with van der Waals surface area (Å²) in [5.41, 5.74) is 2.08. The number of carbonyl (C=O) groups excluding carboxylic acids is 3. The zero-order chi connectivity index (χ0) is 18.4. The van der Waals surface area contributed by atoms with E-state index >= 15 is 0 Å². The fraction of sp³-hybridized carbons (Fsp3) is 0.375. The van der Waals surface area contributed by atoms with Crippen LogP contribution in [-0.2, 0) is 27.1 Å². The van der Waals surface area contributed by atoms with Gasteiger partial charge < -0.3 is 13.8 Å². The van der Waals surface area contributed by atoms with Gasteiger partial charge in [-0.25, -0.2) is 0 Å². The number of esters is 1. The Hall–Kier alpha value is -2.55. The number of nitrogens with zero attached hydrogens (tertiary/aromatic N) is 2. The van der Waals surface area contributed by atoms with Crippen molar-refractivity contribution in [2.75, 3.05) is 12.4 Å². The van der Waals surface area contributed by atoms with Crippen molar-refractivity contribution < 1.29 is 23.6 Å². The van der Waals surface area contributed by atoms with Crippen molar-refractivity contribution in [3.63, 3.8) is 0 Å². The van der Waals surface area contributed by atoms with Crippen LogP contribution in [0.15, 0.2) is 22.9 Å². The standard InChI is InChI=1S/C16H19N3O5S/c1-10-12(11(2)24-18-10)8-25-9-15(21)23-7-14(20)17-16(22)13-5-4-6-19(13)3/h4-6H,7-9H2,1-3H3,(H,17,20,22). The van der Waals surface area contributed by atoms with Gasteiger partial charge in [0.05, 0.1) is 11.4 Å². The molecular formula is C16H19N3O5S. The molecule has 0 aliphatic heterocycles. The summed E-state index contributed by atoms with van der Waals surface area (Å²) < 4.78 is 11.5. The molecule has 2 rings (SSSR count). The molecule has 134 valence electrons. The molecule has 0 saturated heterocycles. The topological polar surface area (TPSA) is 103 Å². The summed E-state index contributed by atoms with van der Waals surface area (Å²) in [6.45, 7) is 3.14. The first-order chi connectivity index (χ1) is 11.9. The lowest BCUT2D eigenvalue weighted by Crippen LogP contribution is -2.35. The first-order valence-electron chi connectivity index (χ1n) is 7.49. The van der Waals surface area contributed by atoms with Crippen molar-refractivity contribution in [3.05, 3.63) is 41.0 Å². The highest BCUT2D eigenvalue weighted by Gasteiger charge is 2.15. The van der Waals surface area contributed by atoms with Gasteiger partial charge in [-0.2, -0.15) is 0 Å². The Morgan fingerprint density at radius 3 is 2.72 bits per heavy atom. The Bertz CT molecular complexity index is 761. The number of rotatable bonds is 7. The molecule has 2 aromatic heterocycles. The van der Waals surface area contributed by atoms with Crippen LogP contribution in [0.25, 0.3) is 0 Å². The van der Waals surface area contributed by atoms with Crippen molar-refractivity contribution in [2.45, 2.75) is 19.6 Å². The molecule has 9 heteroatoms. The molecule has 8 nitrogen and oxygen atoms in total. The van der Waals surface area contributed by atoms with Crippen molar-refractivity contribution in [2.24, 2.45) is 7.05 Å². The summed E-state index contributed by atoms with van der Waals surface area (Å²) in [5.74, 6) is -0.371. The lowest BCUT2D eigenvalue weighted by atomic mass is 10.2. The lowest BCUT2D eigenvalue weighted by molar-refractivity contribution is -0.145. The Kier molecular flexibility index (Phi) is 6.40. The molecule has 2 amide bonds. The number of imide groups is 1. The molecule has 0 fully saturated rings. The SMILES string of the molecule is Cc1noc(C)c1CSCC(=O)OCC(=O)NC(=O)c1cccn1C. The predicted octanol–water partition coefficient (Wildman–Crippen LogP) is 1.36. The van der Waals surface area contributed by atoms with Crippen LogP contribution in [0, 0.1) is 13.8 Å². The molecular weight excluding hydrogens is 346 g/mol. The van der Waals surface area contributed by atoms with E-state index in [0.717, 1.165) is 17.0 Å². The minimum Gasteiger partial charge on any atom is -0.455 e. The van der Waals surface area contributed by atoms with E-state index in [1.165, 1.54) is 11.8 Å². The zero-order valence-corrected chi connectivity index (χ0v) is 15.0. The number of thioether (sulfide) groups is 1. The third kappa shape index (κ3) is 5.21. The highest BCUT2D eigenvalue weighted by atomic mass is 32.2. The van der Waals surface area contributed by atoms with E-state index in [4.69, 9.17) is 9.26 Å². The fourth-order valence-corrected chi connectivity index (χ4v) is 3.02. The highest BCUT2D eigenvalue weighted by Crippen LogP contribution is 2.19. The largest absolute Gasteiger partial charge is 0.455 e. The second kappa shape index (κ2) is 8.52. The molecule has 0 radical (unpaired) electrons. The lowest BCUT2D eigenvalue weighted by Gasteiger charge is -2.06. The quantitative estimate of drug-likeness (QED) is 0.739. The smallest absolute Gasteiger partial charge is 0.316 e. The molecule has 0 atom stereocenters. The first kappa shape index (κ1) is 18.8. The average Bonchev–Trinajstić information content (AvgIpc) is 3.13. The predicted molar refractivity (Wildman–Crippen MR) is 91.0 cm³/mol. The number of hydrogen-bond acceptors (Lipinski definition) is 7. The maximum atomic E-state index is 11.8. The average molecular weight is 365 g/mol. The summed E-state index contributed by atoms with van der Waals surface area (Å²) in [5, 5.41) is 6.01. The van der Waals surface area contributed by atoms with Crippen LogP contribution in [0.3, 0.4) is 0 Å². The summed E-state index contributed by atoms with van der Waals surface area (Å²) >= 11 is 1.34. The summed E-state index contributed by atoms with van der Waals surface area (Å²) in [6, 6.07) is 3.27. The molecule has 0 aliphatic rings. The van der Waals surface area contributed by atoms with Gasteiger partial charge in [-0.05, 0) is 26.0 Å². The van der Waals surface area contributed by atoms with Crippen LogP contribution < -0.4 is 5.32 Å². The van der Waals surface area contributed by atoms with Gasteiger partial charge in [0.15, 0.2) is 6.61 Å². The van der Waals surface area contributed by atoms with Gasteiger partial charge in [-0.15, -0.1) is 11.8 Å². The van der Waals surface area contributed by atoms with Gasteiger partial charge >= 0.3 is 5.97 Å². The molecule has 2 aromatic rings. The molecule has 1 N–H and O–H groups in total. The maximum absolute atomic E-state index is 11.8. The van der Waals surface area contributed by atoms with E-state index in [1.54, 1.807) is 29.9 Å². The second-order valence-electron chi connectivity index (χ2n) is 5.34. The van der Waals surface area contributed by atoms with E-state index in [0.29, 0.717) is 11.4 Å². The number of aryl methyl sites for hydroxylation is 3. The third-order valence-electron chi connectivity index (χ3n) is 3.44. The summed E-state index contributed by atoms with van der Waals surface area (Å²) in [6.07, 6.45) is 1.69. The summed E-state index contributed by atoms with van der Waals surface area (Å²) in [4.78, 5) is 35.2. The minimum absolute atomic E-state index is 0.0864. The normalized spacial score (nSPS) is 10.5. The number of ether oxygens (including phenoxy) is 1. The molecule has 0 unspecified atom stereocenters. The fourth-order valence-electron chi connectivity index (χ4n) is 2.06. The number of amides is 2. The third-order valence-corrected chi connectivity index (χ3v) is 4.37. The summed E-state index contributed by atoms with van der Waals surface area (Å²) in [7, 11) is 1.69. The zero-order valence-electron chi connectivity index (χ0n) is 14.2. The highest BCUT2D eigenvalue weighted by molar-refractivity contribution is 7.99. The molecule has 0 bridgehead atoms. The molecule has 0 spiro atoms. The number of aromatic nitrogens is 2. The number of nitrogens with one attached hydrogen (secondary N) is 1. The van der Waals surface area contributed by atoms with E-state index in [1.807, 2.05) is 13.8 Å². The monoisotopic (exact) mass is 365 g/mol. The first-order valence-corrected chi connectivity index (χ1v) is 8.64. The minimum atomic E-state index is -0.671. The van der Waals surface area contributed by atoms with Crippen LogP contribution in [-0.4, -0.2) is 39.9 Å². The van der Waals surface area contributed by atoms with Gasteiger partial charge in [-0.3, -0.25) is 19.7 Å². The van der Waals surface area contributed by atoms with E-state index in [2.05, 4.69) is 10.5 Å². The van der Waals surface area contributed by atoms with Crippen molar-refractivity contribution in [3.8, 4) is 0 Å². The van der Waals surface area contributed by atoms with Crippen molar-refractivity contribution in [1.29, 1.82) is 0 Å². The van der Waals surface area contributed by atoms with Gasteiger partial charge in [0.2, 0.25) is 0 Å². The molecule has 2 heterocycles. The van der Waals surface area contributed by atoms with Crippen LogP contribution in [0.5, 0.6) is 0 Å². The van der Waals surface area contributed by atoms with E-state index in [-0.39, 0.29) is 5.75 Å². The Morgan fingerprint density at radius 1 is 1.36 bits per heavy atom. The van der Waals surface area contributed by atoms with Crippen LogP contribution in [0.1, 0.15) is 27.5 Å². The molecule has 0 aliphatic carbocycles. The van der Waals surface area contributed by atoms with Gasteiger partial charge in [-0.1, -0.05) is 5.16 Å². The Labute approximate surface area is 148 Å². The second-order valence-corrected chi connectivity index (χ2v) is 6.32. The molecule has 25 heavy (non-hydrogen) atoms. The van der Waals surface area contributed by atoms with Crippen molar-refractivity contribution in [1.82, 2.24) is 15.0 Å². The van der Waals surface area contributed by atoms with Gasteiger partial charge in [0.25, 0.3) is 11.8 Å². The molecule has 0 aromatic carbocycles. The van der Waals surface area contributed by atoms with Crippen LogP contribution in [0.4, 0.5) is 0 Å². The Morgan fingerprint density at radius 2 is 2.12 bits per heavy atom. The van der Waals surface area contributed by atoms with Crippen LogP contribution >= 0.6 is 11.8 Å². The molecule has 0 saturated carbocycles. The van der Waals surface area contributed by atoms with Gasteiger partial charge in [0.1, 0.15) is 11.5 Å². The Balaban J connectivity index is 1.68. The van der Waals surface area contributed by atoms with E-state index < -0.39 is 24.4 Å². The van der Waals surface area contributed by atoms with Crippen molar-refractivity contribution >= 4 is 29.5 Å². The van der Waals surface area contributed by atoms with E-state index in [9.17, 15) is 14.4 Å².